The first-order valence-corrected chi connectivity index (χ1v) is 8.48. The summed E-state index contributed by atoms with van der Waals surface area (Å²) >= 11 is 1.81. The zero-order valence-electron chi connectivity index (χ0n) is 13.0. The van der Waals surface area contributed by atoms with Gasteiger partial charge in [-0.1, -0.05) is 44.2 Å². The third kappa shape index (κ3) is 5.05. The maximum atomic E-state index is 4.69. The van der Waals surface area contributed by atoms with E-state index in [-0.39, 0.29) is 0 Å². The Balaban J connectivity index is 2.22. The summed E-state index contributed by atoms with van der Waals surface area (Å²) in [6.45, 7) is 7.44. The Morgan fingerprint density at radius 3 is 2.57 bits per heavy atom. The molecule has 0 saturated heterocycles. The zero-order chi connectivity index (χ0) is 15.1. The molecule has 2 aromatic rings. The van der Waals surface area contributed by atoms with Crippen LogP contribution in [0.1, 0.15) is 27.2 Å². The summed E-state index contributed by atoms with van der Waals surface area (Å²) < 4.78 is 0. The molecule has 0 bridgehead atoms. The Hall–Kier alpha value is -1.55. The van der Waals surface area contributed by atoms with E-state index in [0.29, 0.717) is 0 Å². The van der Waals surface area contributed by atoms with Crippen LogP contribution < -0.4 is 5.32 Å². The quantitative estimate of drug-likeness (QED) is 0.593. The van der Waals surface area contributed by atoms with Crippen LogP contribution in [0.3, 0.4) is 0 Å². The summed E-state index contributed by atoms with van der Waals surface area (Å²) in [5, 5.41) is 4.33. The summed E-state index contributed by atoms with van der Waals surface area (Å²) in [6.07, 6.45) is 1.20. The van der Waals surface area contributed by atoms with Gasteiger partial charge in [-0.3, -0.25) is 0 Å². The SMILES string of the molecule is CCNc1cc(SCCC(C)C)nc(-c2ccccc2)n1. The van der Waals surface area contributed by atoms with Crippen molar-refractivity contribution in [1.29, 1.82) is 0 Å². The van der Waals surface area contributed by atoms with Crippen molar-refractivity contribution in [3.8, 4) is 11.4 Å². The number of thioether (sulfide) groups is 1. The molecule has 1 N–H and O–H groups in total. The molecule has 0 aliphatic rings. The van der Waals surface area contributed by atoms with Crippen LogP contribution in [-0.2, 0) is 0 Å². The van der Waals surface area contributed by atoms with Gasteiger partial charge in [-0.05, 0) is 25.0 Å². The maximum absolute atomic E-state index is 4.69. The minimum Gasteiger partial charge on any atom is -0.370 e. The van der Waals surface area contributed by atoms with Crippen LogP contribution in [0, 0.1) is 5.92 Å². The molecule has 1 aromatic heterocycles. The lowest BCUT2D eigenvalue weighted by molar-refractivity contribution is 0.632. The summed E-state index contributed by atoms with van der Waals surface area (Å²) in [5.74, 6) is 3.51. The van der Waals surface area contributed by atoms with Crippen molar-refractivity contribution >= 4 is 17.6 Å². The number of anilines is 1. The fraction of sp³-hybridized carbons (Fsp3) is 0.412. The Morgan fingerprint density at radius 1 is 1.14 bits per heavy atom. The lowest BCUT2D eigenvalue weighted by Crippen LogP contribution is -2.02. The van der Waals surface area contributed by atoms with Gasteiger partial charge in [0.2, 0.25) is 0 Å². The first kappa shape index (κ1) is 15.8. The third-order valence-corrected chi connectivity index (χ3v) is 3.98. The second-order valence-corrected chi connectivity index (χ2v) is 6.46. The molecule has 0 unspecified atom stereocenters. The van der Waals surface area contributed by atoms with Crippen molar-refractivity contribution in [2.75, 3.05) is 17.6 Å². The molecule has 0 radical (unpaired) electrons. The number of nitrogens with zero attached hydrogens (tertiary/aromatic N) is 2. The van der Waals surface area contributed by atoms with Gasteiger partial charge in [0.25, 0.3) is 0 Å². The van der Waals surface area contributed by atoms with Crippen molar-refractivity contribution in [2.24, 2.45) is 5.92 Å². The molecule has 4 heteroatoms. The number of benzene rings is 1. The van der Waals surface area contributed by atoms with Crippen LogP contribution in [0.4, 0.5) is 5.82 Å². The van der Waals surface area contributed by atoms with E-state index in [1.165, 1.54) is 6.42 Å². The first-order valence-electron chi connectivity index (χ1n) is 7.50. The van der Waals surface area contributed by atoms with Gasteiger partial charge in [0.1, 0.15) is 10.8 Å². The lowest BCUT2D eigenvalue weighted by atomic mass is 10.2. The van der Waals surface area contributed by atoms with Gasteiger partial charge >= 0.3 is 0 Å². The summed E-state index contributed by atoms with van der Waals surface area (Å²) in [7, 11) is 0. The van der Waals surface area contributed by atoms with E-state index >= 15 is 0 Å². The molecular weight excluding hydrogens is 278 g/mol. The zero-order valence-corrected chi connectivity index (χ0v) is 13.8. The van der Waals surface area contributed by atoms with Crippen LogP contribution in [-0.4, -0.2) is 22.3 Å². The second-order valence-electron chi connectivity index (χ2n) is 5.34. The fourth-order valence-electron chi connectivity index (χ4n) is 1.89. The molecule has 2 rings (SSSR count). The summed E-state index contributed by atoms with van der Waals surface area (Å²) in [6, 6.07) is 12.2. The van der Waals surface area contributed by atoms with Crippen LogP contribution in [0.25, 0.3) is 11.4 Å². The molecule has 0 aliphatic heterocycles. The van der Waals surface area contributed by atoms with E-state index in [4.69, 9.17) is 4.98 Å². The Morgan fingerprint density at radius 2 is 1.90 bits per heavy atom. The van der Waals surface area contributed by atoms with Gasteiger partial charge in [-0.2, -0.15) is 0 Å². The Kier molecular flexibility index (Phi) is 6.05. The summed E-state index contributed by atoms with van der Waals surface area (Å²) in [4.78, 5) is 9.30. The number of nitrogens with one attached hydrogen (secondary N) is 1. The predicted molar refractivity (Wildman–Crippen MR) is 91.8 cm³/mol. The Labute approximate surface area is 131 Å². The molecule has 0 fully saturated rings. The number of rotatable bonds is 7. The smallest absolute Gasteiger partial charge is 0.162 e. The molecule has 112 valence electrons. The monoisotopic (exact) mass is 301 g/mol. The highest BCUT2D eigenvalue weighted by Crippen LogP contribution is 2.24. The average molecular weight is 301 g/mol. The van der Waals surface area contributed by atoms with Gasteiger partial charge in [0, 0.05) is 18.2 Å². The highest BCUT2D eigenvalue weighted by Gasteiger charge is 2.07. The van der Waals surface area contributed by atoms with E-state index in [9.17, 15) is 0 Å². The Bertz CT molecular complexity index is 555. The van der Waals surface area contributed by atoms with Crippen molar-refractivity contribution in [3.05, 3.63) is 36.4 Å². The maximum Gasteiger partial charge on any atom is 0.162 e. The lowest BCUT2D eigenvalue weighted by Gasteiger charge is -2.09. The third-order valence-electron chi connectivity index (χ3n) is 3.04. The molecular formula is C17H23N3S. The molecule has 1 heterocycles. The number of aromatic nitrogens is 2. The van der Waals surface area contributed by atoms with Gasteiger partial charge in [0.05, 0.1) is 0 Å². The van der Waals surface area contributed by atoms with Crippen molar-refractivity contribution in [1.82, 2.24) is 9.97 Å². The van der Waals surface area contributed by atoms with E-state index < -0.39 is 0 Å². The van der Waals surface area contributed by atoms with E-state index in [1.54, 1.807) is 11.8 Å². The molecule has 0 spiro atoms. The average Bonchev–Trinajstić information content (AvgIpc) is 2.48. The van der Waals surface area contributed by atoms with Crippen LogP contribution in [0.15, 0.2) is 41.4 Å². The fourth-order valence-corrected chi connectivity index (χ4v) is 3.03. The molecule has 1 aromatic carbocycles. The van der Waals surface area contributed by atoms with E-state index in [1.807, 2.05) is 36.4 Å². The molecule has 0 amide bonds. The second kappa shape index (κ2) is 8.03. The van der Waals surface area contributed by atoms with Crippen LogP contribution >= 0.6 is 11.8 Å². The number of hydrogen-bond acceptors (Lipinski definition) is 4. The molecule has 0 aliphatic carbocycles. The molecule has 0 saturated carbocycles. The van der Waals surface area contributed by atoms with Gasteiger partial charge in [-0.25, -0.2) is 9.97 Å². The minimum atomic E-state index is 0.723. The highest BCUT2D eigenvalue weighted by atomic mass is 32.2. The van der Waals surface area contributed by atoms with Crippen LogP contribution in [0.2, 0.25) is 0 Å². The molecule has 3 nitrogen and oxygen atoms in total. The van der Waals surface area contributed by atoms with Gasteiger partial charge in [-0.15, -0.1) is 11.8 Å². The highest BCUT2D eigenvalue weighted by molar-refractivity contribution is 7.99. The molecule has 0 atom stereocenters. The van der Waals surface area contributed by atoms with Gasteiger partial charge < -0.3 is 5.32 Å². The summed E-state index contributed by atoms with van der Waals surface area (Å²) in [5.41, 5.74) is 1.06. The topological polar surface area (TPSA) is 37.8 Å². The van der Waals surface area contributed by atoms with Gasteiger partial charge in [0.15, 0.2) is 5.82 Å². The van der Waals surface area contributed by atoms with Crippen molar-refractivity contribution in [3.63, 3.8) is 0 Å². The van der Waals surface area contributed by atoms with Crippen molar-refractivity contribution in [2.45, 2.75) is 32.2 Å². The molecule has 21 heavy (non-hydrogen) atoms. The van der Waals surface area contributed by atoms with E-state index in [0.717, 1.165) is 40.4 Å². The van der Waals surface area contributed by atoms with Crippen molar-refractivity contribution < 1.29 is 0 Å². The minimum absolute atomic E-state index is 0.723. The number of hydrogen-bond donors (Lipinski definition) is 1. The van der Waals surface area contributed by atoms with E-state index in [2.05, 4.69) is 31.1 Å². The largest absolute Gasteiger partial charge is 0.370 e. The van der Waals surface area contributed by atoms with Crippen LogP contribution in [0.5, 0.6) is 0 Å². The predicted octanol–water partition coefficient (Wildman–Crippen LogP) is 4.71. The normalized spacial score (nSPS) is 10.9. The standard InChI is InChI=1S/C17H23N3S/c1-4-18-15-12-16(21-11-10-13(2)3)20-17(19-15)14-8-6-5-7-9-14/h5-9,12-13H,4,10-11H2,1-3H3,(H,18,19,20). The first-order chi connectivity index (χ1) is 10.2.